The van der Waals surface area contributed by atoms with Crippen LogP contribution < -0.4 is 0 Å². The van der Waals surface area contributed by atoms with Gasteiger partial charge in [-0.2, -0.15) is 0 Å². The molecule has 0 aliphatic carbocycles. The van der Waals surface area contributed by atoms with Gasteiger partial charge in [-0.1, -0.05) is 0 Å². The number of aromatic carboxylic acids is 1. The Balaban J connectivity index is 1.89. The second-order valence-electron chi connectivity index (χ2n) is 4.41. The topological polar surface area (TPSA) is 66.6 Å². The minimum absolute atomic E-state index is 0.232. The van der Waals surface area contributed by atoms with Crippen molar-refractivity contribution in [2.24, 2.45) is 0 Å². The smallest absolute Gasteiger partial charge is 0.339 e. The van der Waals surface area contributed by atoms with E-state index in [1.54, 1.807) is 12.4 Å². The number of likely N-dealkylation sites (N-methyl/N-ethyl adjacent to an activating group) is 1. The van der Waals surface area contributed by atoms with Crippen LogP contribution in [0.2, 0.25) is 0 Å². The standard InChI is InChI=1S/C14H16N2O3/c1-16(8-4-11-2-6-15-7-3-11)10-13-12(14(17)18)5-9-19-13/h2-3,5-7,9H,4,8,10H2,1H3,(H,17,18). The molecule has 19 heavy (non-hydrogen) atoms. The fourth-order valence-corrected chi connectivity index (χ4v) is 1.85. The molecule has 2 rings (SSSR count). The first kappa shape index (κ1) is 13.3. The Hall–Kier alpha value is -2.14. The molecule has 0 bridgehead atoms. The highest BCUT2D eigenvalue weighted by molar-refractivity contribution is 5.88. The zero-order chi connectivity index (χ0) is 13.7. The molecule has 0 saturated carbocycles. The summed E-state index contributed by atoms with van der Waals surface area (Å²) in [4.78, 5) is 17.0. The molecule has 2 aromatic heterocycles. The lowest BCUT2D eigenvalue weighted by Gasteiger charge is -2.15. The van der Waals surface area contributed by atoms with E-state index in [9.17, 15) is 4.79 Å². The Morgan fingerprint density at radius 2 is 2.11 bits per heavy atom. The predicted octanol–water partition coefficient (Wildman–Crippen LogP) is 2.05. The quantitative estimate of drug-likeness (QED) is 0.861. The molecule has 0 amide bonds. The van der Waals surface area contributed by atoms with Crippen molar-refractivity contribution in [2.45, 2.75) is 13.0 Å². The lowest BCUT2D eigenvalue weighted by atomic mass is 10.2. The van der Waals surface area contributed by atoms with E-state index in [1.165, 1.54) is 17.9 Å². The summed E-state index contributed by atoms with van der Waals surface area (Å²) in [6.07, 6.45) is 5.84. The van der Waals surface area contributed by atoms with Crippen LogP contribution >= 0.6 is 0 Å². The van der Waals surface area contributed by atoms with Gasteiger partial charge >= 0.3 is 5.97 Å². The minimum atomic E-state index is -0.953. The van der Waals surface area contributed by atoms with Crippen LogP contribution in [0.5, 0.6) is 0 Å². The van der Waals surface area contributed by atoms with Gasteiger partial charge in [0.1, 0.15) is 11.3 Å². The molecule has 5 nitrogen and oxygen atoms in total. The van der Waals surface area contributed by atoms with E-state index in [4.69, 9.17) is 9.52 Å². The first-order chi connectivity index (χ1) is 9.16. The Kier molecular flexibility index (Phi) is 4.30. The fourth-order valence-electron chi connectivity index (χ4n) is 1.85. The highest BCUT2D eigenvalue weighted by Crippen LogP contribution is 2.13. The average Bonchev–Trinajstić information content (AvgIpc) is 2.86. The molecule has 0 aliphatic rings. The van der Waals surface area contributed by atoms with Crippen LogP contribution in [0.15, 0.2) is 41.3 Å². The van der Waals surface area contributed by atoms with Gasteiger partial charge in [0, 0.05) is 18.9 Å². The lowest BCUT2D eigenvalue weighted by molar-refractivity contribution is 0.0693. The zero-order valence-corrected chi connectivity index (χ0v) is 10.7. The molecular formula is C14H16N2O3. The SMILES string of the molecule is CN(CCc1ccncc1)Cc1occc1C(=O)O. The summed E-state index contributed by atoms with van der Waals surface area (Å²) in [6.45, 7) is 1.31. The van der Waals surface area contributed by atoms with Crippen molar-refractivity contribution >= 4 is 5.97 Å². The molecule has 0 spiro atoms. The second kappa shape index (κ2) is 6.15. The van der Waals surface area contributed by atoms with Crippen molar-refractivity contribution in [1.29, 1.82) is 0 Å². The molecular weight excluding hydrogens is 244 g/mol. The normalized spacial score (nSPS) is 10.8. The number of hydrogen-bond acceptors (Lipinski definition) is 4. The van der Waals surface area contributed by atoms with Crippen LogP contribution in [0.4, 0.5) is 0 Å². The number of rotatable bonds is 6. The van der Waals surface area contributed by atoms with Gasteiger partial charge in [0.15, 0.2) is 0 Å². The van der Waals surface area contributed by atoms with Crippen LogP contribution in [0, 0.1) is 0 Å². The molecule has 0 radical (unpaired) electrons. The fraction of sp³-hybridized carbons (Fsp3) is 0.286. The molecule has 0 aromatic carbocycles. The van der Waals surface area contributed by atoms with Crippen LogP contribution in [0.3, 0.4) is 0 Å². The van der Waals surface area contributed by atoms with E-state index >= 15 is 0 Å². The van der Waals surface area contributed by atoms with Crippen molar-refractivity contribution in [3.8, 4) is 0 Å². The summed E-state index contributed by atoms with van der Waals surface area (Å²) >= 11 is 0. The molecule has 0 atom stereocenters. The van der Waals surface area contributed by atoms with Crippen molar-refractivity contribution in [3.63, 3.8) is 0 Å². The number of pyridine rings is 1. The van der Waals surface area contributed by atoms with E-state index in [1.807, 2.05) is 24.1 Å². The molecule has 100 valence electrons. The molecule has 0 unspecified atom stereocenters. The van der Waals surface area contributed by atoms with Crippen LogP contribution in [-0.4, -0.2) is 34.6 Å². The maximum atomic E-state index is 11.0. The molecule has 1 N–H and O–H groups in total. The van der Waals surface area contributed by atoms with Gasteiger partial charge in [0.2, 0.25) is 0 Å². The minimum Gasteiger partial charge on any atom is -0.478 e. The summed E-state index contributed by atoms with van der Waals surface area (Å²) in [6, 6.07) is 5.43. The van der Waals surface area contributed by atoms with Gasteiger partial charge in [-0.3, -0.25) is 9.88 Å². The summed E-state index contributed by atoms with van der Waals surface area (Å²) < 4.78 is 5.22. The maximum absolute atomic E-state index is 11.0. The van der Waals surface area contributed by atoms with Crippen molar-refractivity contribution in [2.75, 3.05) is 13.6 Å². The number of aromatic nitrogens is 1. The summed E-state index contributed by atoms with van der Waals surface area (Å²) in [7, 11) is 1.94. The van der Waals surface area contributed by atoms with Gasteiger partial charge in [0.25, 0.3) is 0 Å². The second-order valence-corrected chi connectivity index (χ2v) is 4.41. The zero-order valence-electron chi connectivity index (χ0n) is 10.7. The van der Waals surface area contributed by atoms with Crippen molar-refractivity contribution in [3.05, 3.63) is 53.7 Å². The molecule has 0 aliphatic heterocycles. The van der Waals surface area contributed by atoms with Gasteiger partial charge in [-0.15, -0.1) is 0 Å². The van der Waals surface area contributed by atoms with E-state index in [-0.39, 0.29) is 5.56 Å². The lowest BCUT2D eigenvalue weighted by Crippen LogP contribution is -2.21. The number of carbonyl (C=O) groups is 1. The molecule has 5 heteroatoms. The molecule has 0 fully saturated rings. The number of carboxylic acid groups (broad SMARTS) is 1. The van der Waals surface area contributed by atoms with Crippen LogP contribution in [-0.2, 0) is 13.0 Å². The van der Waals surface area contributed by atoms with Gasteiger partial charge in [0.05, 0.1) is 12.8 Å². The molecule has 2 heterocycles. The Bertz CT molecular complexity index is 537. The third-order valence-electron chi connectivity index (χ3n) is 2.92. The monoisotopic (exact) mass is 260 g/mol. The van der Waals surface area contributed by atoms with E-state index in [0.29, 0.717) is 12.3 Å². The van der Waals surface area contributed by atoms with E-state index < -0.39 is 5.97 Å². The van der Waals surface area contributed by atoms with Crippen LogP contribution in [0.25, 0.3) is 0 Å². The van der Waals surface area contributed by atoms with Crippen molar-refractivity contribution < 1.29 is 14.3 Å². The molecule has 0 saturated heterocycles. The first-order valence-corrected chi connectivity index (χ1v) is 6.04. The van der Waals surface area contributed by atoms with Crippen molar-refractivity contribution in [1.82, 2.24) is 9.88 Å². The predicted molar refractivity (Wildman–Crippen MR) is 69.9 cm³/mol. The summed E-state index contributed by atoms with van der Waals surface area (Å²) in [5.41, 5.74) is 1.44. The van der Waals surface area contributed by atoms with E-state index in [2.05, 4.69) is 4.98 Å². The Morgan fingerprint density at radius 1 is 1.37 bits per heavy atom. The largest absolute Gasteiger partial charge is 0.478 e. The number of carboxylic acids is 1. The summed E-state index contributed by atoms with van der Waals surface area (Å²) in [5.74, 6) is -0.462. The Labute approximate surface area is 111 Å². The number of furan rings is 1. The third-order valence-corrected chi connectivity index (χ3v) is 2.92. The Morgan fingerprint density at radius 3 is 2.79 bits per heavy atom. The summed E-state index contributed by atoms with van der Waals surface area (Å²) in [5, 5.41) is 8.99. The van der Waals surface area contributed by atoms with Crippen LogP contribution in [0.1, 0.15) is 21.7 Å². The first-order valence-electron chi connectivity index (χ1n) is 6.04. The number of nitrogens with zero attached hydrogens (tertiary/aromatic N) is 2. The highest BCUT2D eigenvalue weighted by atomic mass is 16.4. The average molecular weight is 260 g/mol. The highest BCUT2D eigenvalue weighted by Gasteiger charge is 2.14. The maximum Gasteiger partial charge on any atom is 0.339 e. The van der Waals surface area contributed by atoms with Gasteiger partial charge < -0.3 is 9.52 Å². The number of hydrogen-bond donors (Lipinski definition) is 1. The third kappa shape index (κ3) is 3.66. The van der Waals surface area contributed by atoms with E-state index in [0.717, 1.165) is 13.0 Å². The molecule has 2 aromatic rings. The van der Waals surface area contributed by atoms with Gasteiger partial charge in [-0.05, 0) is 37.2 Å². The van der Waals surface area contributed by atoms with Gasteiger partial charge in [-0.25, -0.2) is 4.79 Å².